The van der Waals surface area contributed by atoms with Crippen LogP contribution in [0.15, 0.2) is 0 Å². The summed E-state index contributed by atoms with van der Waals surface area (Å²) in [6.45, 7) is 13.7. The fourth-order valence-electron chi connectivity index (χ4n) is 3.42. The van der Waals surface area contributed by atoms with E-state index in [2.05, 4.69) is 37.9 Å². The van der Waals surface area contributed by atoms with Crippen molar-refractivity contribution < 1.29 is 4.74 Å². The summed E-state index contributed by atoms with van der Waals surface area (Å²) in [7, 11) is 0. The Kier molecular flexibility index (Phi) is 5.27. The van der Waals surface area contributed by atoms with Crippen molar-refractivity contribution in [2.24, 2.45) is 5.92 Å². The molecule has 0 bridgehead atoms. The Labute approximate surface area is 119 Å². The molecule has 112 valence electrons. The van der Waals surface area contributed by atoms with Gasteiger partial charge in [0.1, 0.15) is 0 Å². The lowest BCUT2D eigenvalue weighted by Gasteiger charge is -2.39. The second-order valence-electron chi connectivity index (χ2n) is 7.42. The molecule has 0 spiro atoms. The highest BCUT2D eigenvalue weighted by Crippen LogP contribution is 2.29. The van der Waals surface area contributed by atoms with Gasteiger partial charge in [-0.2, -0.15) is 0 Å². The molecule has 2 rings (SSSR count). The second kappa shape index (κ2) is 6.55. The second-order valence-corrected chi connectivity index (χ2v) is 7.42. The number of hydrogen-bond donors (Lipinski definition) is 1. The number of ether oxygens (including phenoxy) is 1. The Morgan fingerprint density at radius 1 is 1.16 bits per heavy atom. The average Bonchev–Trinajstić information content (AvgIpc) is 2.33. The van der Waals surface area contributed by atoms with Crippen LogP contribution in [0.1, 0.15) is 53.4 Å². The summed E-state index contributed by atoms with van der Waals surface area (Å²) in [6, 6.07) is 0.706. The molecule has 1 N–H and O–H groups in total. The highest BCUT2D eigenvalue weighted by molar-refractivity contribution is 4.82. The molecule has 1 atom stereocenters. The summed E-state index contributed by atoms with van der Waals surface area (Å²) in [4.78, 5) is 2.67. The Morgan fingerprint density at radius 3 is 2.42 bits per heavy atom. The van der Waals surface area contributed by atoms with E-state index in [1.165, 1.54) is 38.8 Å². The molecule has 2 fully saturated rings. The molecule has 3 nitrogen and oxygen atoms in total. The molecule has 0 aromatic rings. The summed E-state index contributed by atoms with van der Waals surface area (Å²) in [5, 5.41) is 3.47. The van der Waals surface area contributed by atoms with Crippen LogP contribution in [-0.2, 0) is 4.74 Å². The van der Waals surface area contributed by atoms with Gasteiger partial charge < -0.3 is 10.1 Å². The molecule has 1 aliphatic heterocycles. The molecule has 19 heavy (non-hydrogen) atoms. The van der Waals surface area contributed by atoms with Gasteiger partial charge in [0.2, 0.25) is 0 Å². The van der Waals surface area contributed by atoms with Crippen molar-refractivity contribution in [1.29, 1.82) is 0 Å². The van der Waals surface area contributed by atoms with Gasteiger partial charge in [-0.05, 0) is 59.3 Å². The third-order valence-corrected chi connectivity index (χ3v) is 4.45. The lowest BCUT2D eigenvalue weighted by molar-refractivity contribution is -0.0799. The largest absolute Gasteiger partial charge is 0.373 e. The number of nitrogens with zero attached hydrogens (tertiary/aromatic N) is 1. The van der Waals surface area contributed by atoms with Crippen molar-refractivity contribution in [3.63, 3.8) is 0 Å². The SMILES string of the molecule is CC1CNCCN1CC1CCC(OC(C)(C)C)CC1. The summed E-state index contributed by atoms with van der Waals surface area (Å²) in [6.07, 6.45) is 5.69. The van der Waals surface area contributed by atoms with E-state index in [1.54, 1.807) is 0 Å². The number of nitrogens with one attached hydrogen (secondary N) is 1. The maximum Gasteiger partial charge on any atom is 0.0602 e. The van der Waals surface area contributed by atoms with Gasteiger partial charge in [-0.3, -0.25) is 4.90 Å². The Bertz CT molecular complexity index is 266. The number of hydrogen-bond acceptors (Lipinski definition) is 3. The first-order chi connectivity index (χ1) is 8.94. The van der Waals surface area contributed by atoms with Crippen LogP contribution in [0.25, 0.3) is 0 Å². The molecule has 1 aliphatic carbocycles. The van der Waals surface area contributed by atoms with Crippen LogP contribution in [-0.4, -0.2) is 48.8 Å². The Morgan fingerprint density at radius 2 is 1.84 bits per heavy atom. The van der Waals surface area contributed by atoms with Gasteiger partial charge in [-0.15, -0.1) is 0 Å². The van der Waals surface area contributed by atoms with E-state index in [-0.39, 0.29) is 5.60 Å². The van der Waals surface area contributed by atoms with Crippen molar-refractivity contribution in [3.8, 4) is 0 Å². The van der Waals surface area contributed by atoms with E-state index in [1.807, 2.05) is 0 Å². The van der Waals surface area contributed by atoms with E-state index >= 15 is 0 Å². The van der Waals surface area contributed by atoms with Crippen LogP contribution in [0.5, 0.6) is 0 Å². The zero-order chi connectivity index (χ0) is 13.9. The summed E-state index contributed by atoms with van der Waals surface area (Å²) in [5.74, 6) is 0.889. The first kappa shape index (κ1) is 15.3. The van der Waals surface area contributed by atoms with Gasteiger partial charge in [0.25, 0.3) is 0 Å². The van der Waals surface area contributed by atoms with Crippen LogP contribution in [0.2, 0.25) is 0 Å². The van der Waals surface area contributed by atoms with Gasteiger partial charge >= 0.3 is 0 Å². The molecule has 3 heteroatoms. The van der Waals surface area contributed by atoms with Crippen LogP contribution < -0.4 is 5.32 Å². The monoisotopic (exact) mass is 268 g/mol. The lowest BCUT2D eigenvalue weighted by atomic mass is 9.86. The molecule has 2 aliphatic rings. The molecular weight excluding hydrogens is 236 g/mol. The summed E-state index contributed by atoms with van der Waals surface area (Å²) < 4.78 is 6.11. The lowest BCUT2D eigenvalue weighted by Crippen LogP contribution is -2.51. The maximum atomic E-state index is 6.11. The topological polar surface area (TPSA) is 24.5 Å². The first-order valence-corrected chi connectivity index (χ1v) is 8.06. The van der Waals surface area contributed by atoms with Crippen molar-refractivity contribution in [1.82, 2.24) is 10.2 Å². The molecular formula is C16H32N2O. The molecule has 0 radical (unpaired) electrons. The maximum absolute atomic E-state index is 6.11. The Balaban J connectivity index is 1.71. The van der Waals surface area contributed by atoms with Gasteiger partial charge in [0.15, 0.2) is 0 Å². The zero-order valence-electron chi connectivity index (χ0n) is 13.2. The van der Waals surface area contributed by atoms with E-state index in [0.29, 0.717) is 12.1 Å². The van der Waals surface area contributed by atoms with Crippen molar-refractivity contribution in [2.45, 2.75) is 71.1 Å². The van der Waals surface area contributed by atoms with Crippen LogP contribution in [0.3, 0.4) is 0 Å². The van der Waals surface area contributed by atoms with Gasteiger partial charge in [0, 0.05) is 32.2 Å². The zero-order valence-corrected chi connectivity index (χ0v) is 13.2. The van der Waals surface area contributed by atoms with E-state index < -0.39 is 0 Å². The van der Waals surface area contributed by atoms with Crippen LogP contribution in [0, 0.1) is 5.92 Å². The van der Waals surface area contributed by atoms with E-state index in [9.17, 15) is 0 Å². The minimum Gasteiger partial charge on any atom is -0.373 e. The average molecular weight is 268 g/mol. The van der Waals surface area contributed by atoms with Crippen molar-refractivity contribution >= 4 is 0 Å². The third kappa shape index (κ3) is 5.05. The Hall–Kier alpha value is -0.120. The summed E-state index contributed by atoms with van der Waals surface area (Å²) >= 11 is 0. The fraction of sp³-hybridized carbons (Fsp3) is 1.00. The van der Waals surface area contributed by atoms with Crippen molar-refractivity contribution in [2.75, 3.05) is 26.2 Å². The molecule has 0 aromatic carbocycles. The molecule has 1 unspecified atom stereocenters. The minimum absolute atomic E-state index is 0.0184. The fourth-order valence-corrected chi connectivity index (χ4v) is 3.42. The highest BCUT2D eigenvalue weighted by Gasteiger charge is 2.28. The molecule has 0 aromatic heterocycles. The quantitative estimate of drug-likeness (QED) is 0.851. The standard InChI is InChI=1S/C16H32N2O/c1-13-11-17-9-10-18(13)12-14-5-7-15(8-6-14)19-16(2,3)4/h13-15,17H,5-12H2,1-4H3. The third-order valence-electron chi connectivity index (χ3n) is 4.45. The summed E-state index contributed by atoms with van der Waals surface area (Å²) in [5.41, 5.74) is 0.0184. The molecule has 1 heterocycles. The van der Waals surface area contributed by atoms with E-state index in [4.69, 9.17) is 4.74 Å². The smallest absolute Gasteiger partial charge is 0.0602 e. The van der Waals surface area contributed by atoms with Crippen molar-refractivity contribution in [3.05, 3.63) is 0 Å². The van der Waals surface area contributed by atoms with Gasteiger partial charge in [-0.25, -0.2) is 0 Å². The predicted octanol–water partition coefficient (Wildman–Crippen LogP) is 2.65. The normalized spacial score (nSPS) is 34.4. The first-order valence-electron chi connectivity index (χ1n) is 8.06. The predicted molar refractivity (Wildman–Crippen MR) is 80.5 cm³/mol. The molecule has 1 saturated carbocycles. The van der Waals surface area contributed by atoms with Gasteiger partial charge in [0.05, 0.1) is 11.7 Å². The number of piperazine rings is 1. The molecule has 0 amide bonds. The minimum atomic E-state index is 0.0184. The highest BCUT2D eigenvalue weighted by atomic mass is 16.5. The van der Waals surface area contributed by atoms with E-state index in [0.717, 1.165) is 19.0 Å². The van der Waals surface area contributed by atoms with Gasteiger partial charge in [-0.1, -0.05) is 0 Å². The van der Waals surface area contributed by atoms with Crippen LogP contribution in [0.4, 0.5) is 0 Å². The van der Waals surface area contributed by atoms with Crippen LogP contribution >= 0.6 is 0 Å². The number of rotatable bonds is 3. The molecule has 1 saturated heterocycles.